The van der Waals surface area contributed by atoms with Gasteiger partial charge in [0.25, 0.3) is 0 Å². The second-order valence-corrected chi connectivity index (χ2v) is 6.43. The van der Waals surface area contributed by atoms with Crippen molar-refractivity contribution in [3.8, 4) is 0 Å². The number of amides is 2. The number of hydrogen-bond donors (Lipinski definition) is 1. The highest BCUT2D eigenvalue weighted by Crippen LogP contribution is 2.26. The second kappa shape index (κ2) is 8.94. The molecular formula is C22H25N3O2. The SMILES string of the molecule is CCN(Cc1ccoc1)C(=O)Nc1ccccc1N(C)Cc1ccccc1. The predicted molar refractivity (Wildman–Crippen MR) is 109 cm³/mol. The number of nitrogens with one attached hydrogen (secondary N) is 1. The summed E-state index contributed by atoms with van der Waals surface area (Å²) in [7, 11) is 2.03. The van der Waals surface area contributed by atoms with Gasteiger partial charge in [0.1, 0.15) is 0 Å². The van der Waals surface area contributed by atoms with E-state index in [0.717, 1.165) is 23.5 Å². The van der Waals surface area contributed by atoms with E-state index in [1.165, 1.54) is 5.56 Å². The highest BCUT2D eigenvalue weighted by molar-refractivity contribution is 5.93. The van der Waals surface area contributed by atoms with Crippen LogP contribution in [0.1, 0.15) is 18.1 Å². The van der Waals surface area contributed by atoms with Crippen molar-refractivity contribution < 1.29 is 9.21 Å². The summed E-state index contributed by atoms with van der Waals surface area (Å²) in [5.74, 6) is 0. The molecule has 0 aliphatic rings. The van der Waals surface area contributed by atoms with E-state index in [4.69, 9.17) is 4.42 Å². The topological polar surface area (TPSA) is 48.7 Å². The van der Waals surface area contributed by atoms with Crippen LogP contribution in [-0.2, 0) is 13.1 Å². The van der Waals surface area contributed by atoms with Gasteiger partial charge in [-0.3, -0.25) is 0 Å². The van der Waals surface area contributed by atoms with Crippen LogP contribution >= 0.6 is 0 Å². The number of furan rings is 1. The lowest BCUT2D eigenvalue weighted by Crippen LogP contribution is -2.34. The van der Waals surface area contributed by atoms with Crippen LogP contribution in [0.5, 0.6) is 0 Å². The fraction of sp³-hybridized carbons (Fsp3) is 0.227. The lowest BCUT2D eigenvalue weighted by Gasteiger charge is -2.25. The monoisotopic (exact) mass is 363 g/mol. The Bertz CT molecular complexity index is 847. The van der Waals surface area contributed by atoms with Gasteiger partial charge in [0.05, 0.1) is 30.4 Å². The molecule has 140 valence electrons. The van der Waals surface area contributed by atoms with Gasteiger partial charge in [-0.2, -0.15) is 0 Å². The number of urea groups is 1. The first kappa shape index (κ1) is 18.6. The summed E-state index contributed by atoms with van der Waals surface area (Å²) >= 11 is 0. The van der Waals surface area contributed by atoms with Crippen LogP contribution in [0.2, 0.25) is 0 Å². The minimum atomic E-state index is -0.126. The van der Waals surface area contributed by atoms with Crippen LogP contribution in [0.3, 0.4) is 0 Å². The van der Waals surface area contributed by atoms with Crippen molar-refractivity contribution in [2.24, 2.45) is 0 Å². The summed E-state index contributed by atoms with van der Waals surface area (Å²) in [5, 5.41) is 3.06. The summed E-state index contributed by atoms with van der Waals surface area (Å²) in [6, 6.07) is 19.9. The van der Waals surface area contributed by atoms with E-state index in [1.54, 1.807) is 17.4 Å². The van der Waals surface area contributed by atoms with Gasteiger partial charge in [-0.1, -0.05) is 42.5 Å². The number of rotatable bonds is 7. The van der Waals surface area contributed by atoms with Gasteiger partial charge in [0.15, 0.2) is 0 Å². The summed E-state index contributed by atoms with van der Waals surface area (Å²) in [6.45, 7) is 3.85. The Morgan fingerprint density at radius 1 is 0.963 bits per heavy atom. The lowest BCUT2D eigenvalue weighted by atomic mass is 10.2. The number of benzene rings is 2. The van der Waals surface area contributed by atoms with Crippen molar-refractivity contribution >= 4 is 17.4 Å². The smallest absolute Gasteiger partial charge is 0.322 e. The van der Waals surface area contributed by atoms with E-state index in [9.17, 15) is 4.79 Å². The minimum Gasteiger partial charge on any atom is -0.472 e. The average Bonchev–Trinajstić information content (AvgIpc) is 3.20. The van der Waals surface area contributed by atoms with Crippen molar-refractivity contribution in [2.75, 3.05) is 23.8 Å². The highest BCUT2D eigenvalue weighted by Gasteiger charge is 2.16. The van der Waals surface area contributed by atoms with Gasteiger partial charge in [-0.25, -0.2) is 4.79 Å². The molecule has 3 rings (SSSR count). The Balaban J connectivity index is 1.72. The first-order valence-corrected chi connectivity index (χ1v) is 9.08. The molecule has 1 N–H and O–H groups in total. The van der Waals surface area contributed by atoms with Gasteiger partial charge in [0.2, 0.25) is 0 Å². The Labute approximate surface area is 160 Å². The Morgan fingerprint density at radius 2 is 1.70 bits per heavy atom. The molecule has 5 heteroatoms. The van der Waals surface area contributed by atoms with Gasteiger partial charge in [-0.05, 0) is 30.7 Å². The van der Waals surface area contributed by atoms with E-state index in [0.29, 0.717) is 13.1 Å². The van der Waals surface area contributed by atoms with Crippen LogP contribution in [-0.4, -0.2) is 24.5 Å². The number of anilines is 2. The van der Waals surface area contributed by atoms with E-state index < -0.39 is 0 Å². The van der Waals surface area contributed by atoms with Gasteiger partial charge in [-0.15, -0.1) is 0 Å². The molecule has 0 saturated carbocycles. The third kappa shape index (κ3) is 4.91. The first-order chi connectivity index (χ1) is 13.2. The van der Waals surface area contributed by atoms with E-state index in [-0.39, 0.29) is 6.03 Å². The molecular weight excluding hydrogens is 338 g/mol. The standard InChI is InChI=1S/C22H25N3O2/c1-3-25(16-19-13-14-27-17-19)22(26)23-20-11-7-8-12-21(20)24(2)15-18-9-5-4-6-10-18/h4-14,17H,3,15-16H2,1-2H3,(H,23,26). The normalized spacial score (nSPS) is 10.4. The predicted octanol–water partition coefficient (Wildman–Crippen LogP) is 4.97. The summed E-state index contributed by atoms with van der Waals surface area (Å²) in [4.78, 5) is 16.7. The van der Waals surface area contributed by atoms with E-state index in [1.807, 2.05) is 62.5 Å². The molecule has 3 aromatic rings. The quantitative estimate of drug-likeness (QED) is 0.645. The Morgan fingerprint density at radius 3 is 2.41 bits per heavy atom. The zero-order valence-corrected chi connectivity index (χ0v) is 15.8. The maximum atomic E-state index is 12.8. The van der Waals surface area contributed by atoms with Gasteiger partial charge >= 0.3 is 6.03 Å². The molecule has 2 aromatic carbocycles. The molecule has 0 unspecified atom stereocenters. The largest absolute Gasteiger partial charge is 0.472 e. The molecule has 0 fully saturated rings. The third-order valence-corrected chi connectivity index (χ3v) is 4.44. The summed E-state index contributed by atoms with van der Waals surface area (Å²) in [5.41, 5.74) is 3.97. The molecule has 0 aliphatic carbocycles. The molecule has 1 aromatic heterocycles. The molecule has 27 heavy (non-hydrogen) atoms. The lowest BCUT2D eigenvalue weighted by molar-refractivity contribution is 0.212. The number of carbonyl (C=O) groups is 1. The third-order valence-electron chi connectivity index (χ3n) is 4.44. The molecule has 5 nitrogen and oxygen atoms in total. The zero-order valence-electron chi connectivity index (χ0n) is 15.8. The summed E-state index contributed by atoms with van der Waals surface area (Å²) < 4.78 is 5.10. The Kier molecular flexibility index (Phi) is 6.15. The van der Waals surface area contributed by atoms with Crippen LogP contribution in [0.15, 0.2) is 77.6 Å². The molecule has 0 radical (unpaired) electrons. The average molecular weight is 363 g/mol. The molecule has 2 amide bonds. The number of carbonyl (C=O) groups excluding carboxylic acids is 1. The van der Waals surface area contributed by atoms with Crippen LogP contribution < -0.4 is 10.2 Å². The van der Waals surface area contributed by atoms with Gasteiger partial charge in [0, 0.05) is 25.7 Å². The molecule has 0 saturated heterocycles. The molecule has 0 aliphatic heterocycles. The molecule has 0 atom stereocenters. The van der Waals surface area contributed by atoms with E-state index >= 15 is 0 Å². The van der Waals surface area contributed by atoms with E-state index in [2.05, 4.69) is 22.3 Å². The van der Waals surface area contributed by atoms with Crippen LogP contribution in [0, 0.1) is 0 Å². The van der Waals surface area contributed by atoms with Crippen molar-refractivity contribution in [2.45, 2.75) is 20.0 Å². The highest BCUT2D eigenvalue weighted by atomic mass is 16.3. The maximum absolute atomic E-state index is 12.8. The van der Waals surface area contributed by atoms with Crippen molar-refractivity contribution in [1.82, 2.24) is 4.90 Å². The molecule has 0 spiro atoms. The summed E-state index contributed by atoms with van der Waals surface area (Å²) in [6.07, 6.45) is 3.28. The van der Waals surface area contributed by atoms with Crippen LogP contribution in [0.25, 0.3) is 0 Å². The second-order valence-electron chi connectivity index (χ2n) is 6.43. The fourth-order valence-corrected chi connectivity index (χ4v) is 2.98. The molecule has 0 bridgehead atoms. The fourth-order valence-electron chi connectivity index (χ4n) is 2.98. The van der Waals surface area contributed by atoms with Crippen LogP contribution in [0.4, 0.5) is 16.2 Å². The number of para-hydroxylation sites is 2. The molecule has 1 heterocycles. The Hall–Kier alpha value is -3.21. The number of hydrogen-bond acceptors (Lipinski definition) is 3. The van der Waals surface area contributed by atoms with Crippen molar-refractivity contribution in [3.05, 3.63) is 84.3 Å². The minimum absolute atomic E-state index is 0.126. The maximum Gasteiger partial charge on any atom is 0.322 e. The number of nitrogens with zero attached hydrogens (tertiary/aromatic N) is 2. The van der Waals surface area contributed by atoms with Crippen molar-refractivity contribution in [3.63, 3.8) is 0 Å². The zero-order chi connectivity index (χ0) is 19.1. The van der Waals surface area contributed by atoms with Crippen molar-refractivity contribution in [1.29, 1.82) is 0 Å². The van der Waals surface area contributed by atoms with Gasteiger partial charge < -0.3 is 19.5 Å². The first-order valence-electron chi connectivity index (χ1n) is 9.08.